The van der Waals surface area contributed by atoms with Gasteiger partial charge in [0.25, 0.3) is 12.4 Å². The highest BCUT2D eigenvalue weighted by Crippen LogP contribution is 2.26. The van der Waals surface area contributed by atoms with Crippen molar-refractivity contribution >= 4 is 35.0 Å². The Bertz CT molecular complexity index is 744. The van der Waals surface area contributed by atoms with Gasteiger partial charge < -0.3 is 14.2 Å². The van der Waals surface area contributed by atoms with E-state index in [4.69, 9.17) is 21.1 Å². The van der Waals surface area contributed by atoms with Crippen LogP contribution in [0.1, 0.15) is 6.92 Å². The largest absolute Gasteiger partial charge is 0.482 e. The molecule has 1 aromatic carbocycles. The van der Waals surface area contributed by atoms with E-state index in [1.165, 1.54) is 6.20 Å². The fraction of sp³-hybridized carbons (Fsp3) is 0.188. The van der Waals surface area contributed by atoms with Gasteiger partial charge in [0.05, 0.1) is 5.02 Å². The molecule has 1 heterocycles. The number of nitrogens with zero attached hydrogens (tertiary/aromatic N) is 1. The lowest BCUT2D eigenvalue weighted by atomic mass is 10.3. The SMILES string of the molecule is CC(Oc1ccc(Oc2ncc(Cl)cc2F)cc1)C(=O)SCOC=O. The van der Waals surface area contributed by atoms with Gasteiger partial charge in [0.15, 0.2) is 11.9 Å². The van der Waals surface area contributed by atoms with Gasteiger partial charge in [-0.3, -0.25) is 9.59 Å². The van der Waals surface area contributed by atoms with Crippen molar-refractivity contribution in [2.75, 3.05) is 5.94 Å². The van der Waals surface area contributed by atoms with E-state index in [0.29, 0.717) is 11.5 Å². The molecular formula is C16H13ClFNO5S. The molecule has 0 radical (unpaired) electrons. The first-order valence-electron chi connectivity index (χ1n) is 6.97. The minimum Gasteiger partial charge on any atom is -0.482 e. The predicted octanol–water partition coefficient (Wildman–Crippen LogP) is 3.82. The molecule has 1 unspecified atom stereocenters. The predicted molar refractivity (Wildman–Crippen MR) is 90.4 cm³/mol. The lowest BCUT2D eigenvalue weighted by molar-refractivity contribution is -0.126. The Morgan fingerprint density at radius 2 is 2.04 bits per heavy atom. The van der Waals surface area contributed by atoms with E-state index in [-0.39, 0.29) is 28.4 Å². The number of benzene rings is 1. The number of ether oxygens (including phenoxy) is 3. The van der Waals surface area contributed by atoms with Gasteiger partial charge in [-0.1, -0.05) is 11.6 Å². The van der Waals surface area contributed by atoms with Crippen LogP contribution in [0.2, 0.25) is 5.02 Å². The standard InChI is InChI=1S/C16H13ClFNO5S/c1-10(16(21)25-9-22-8-20)23-12-2-4-13(5-3-12)24-15-14(18)6-11(17)7-19-15/h2-8,10H,9H2,1H3. The maximum atomic E-state index is 13.6. The Morgan fingerprint density at radius 1 is 1.36 bits per heavy atom. The number of rotatable bonds is 8. The Hall–Kier alpha value is -2.32. The van der Waals surface area contributed by atoms with Gasteiger partial charge in [0.1, 0.15) is 17.4 Å². The molecule has 1 aromatic heterocycles. The van der Waals surface area contributed by atoms with Crippen LogP contribution in [0.15, 0.2) is 36.5 Å². The minimum atomic E-state index is -0.734. The lowest BCUT2D eigenvalue weighted by Crippen LogP contribution is -2.21. The van der Waals surface area contributed by atoms with Gasteiger partial charge in [-0.15, -0.1) is 0 Å². The van der Waals surface area contributed by atoms with Crippen molar-refractivity contribution in [1.82, 2.24) is 4.98 Å². The molecule has 0 spiro atoms. The fourth-order valence-electron chi connectivity index (χ4n) is 1.66. The summed E-state index contributed by atoms with van der Waals surface area (Å²) in [6.45, 7) is 1.84. The number of halogens is 2. The fourth-order valence-corrected chi connectivity index (χ4v) is 2.33. The summed E-state index contributed by atoms with van der Waals surface area (Å²) in [5, 5.41) is -0.113. The van der Waals surface area contributed by atoms with Crippen LogP contribution in [0.3, 0.4) is 0 Å². The van der Waals surface area contributed by atoms with Gasteiger partial charge in [-0.2, -0.15) is 0 Å². The molecule has 25 heavy (non-hydrogen) atoms. The third kappa shape index (κ3) is 5.91. The van der Waals surface area contributed by atoms with Crippen LogP contribution in [0.5, 0.6) is 17.4 Å². The van der Waals surface area contributed by atoms with Crippen LogP contribution in [0.25, 0.3) is 0 Å². The van der Waals surface area contributed by atoms with E-state index >= 15 is 0 Å². The van der Waals surface area contributed by atoms with Crippen molar-refractivity contribution in [2.45, 2.75) is 13.0 Å². The van der Waals surface area contributed by atoms with E-state index in [1.807, 2.05) is 0 Å². The highest BCUT2D eigenvalue weighted by atomic mass is 35.5. The Labute approximate surface area is 152 Å². The molecule has 0 N–H and O–H groups in total. The second kappa shape index (κ2) is 9.24. The molecule has 0 aliphatic heterocycles. The smallest absolute Gasteiger partial charge is 0.293 e. The van der Waals surface area contributed by atoms with Crippen molar-refractivity contribution in [2.24, 2.45) is 0 Å². The molecule has 2 rings (SSSR count). The Morgan fingerprint density at radius 3 is 2.68 bits per heavy atom. The van der Waals surface area contributed by atoms with Gasteiger partial charge in [0, 0.05) is 6.20 Å². The zero-order chi connectivity index (χ0) is 18.2. The second-order valence-electron chi connectivity index (χ2n) is 4.62. The van der Waals surface area contributed by atoms with E-state index in [1.54, 1.807) is 31.2 Å². The average Bonchev–Trinajstić information content (AvgIpc) is 2.59. The molecule has 0 saturated heterocycles. The number of carbonyl (C=O) groups excluding carboxylic acids is 2. The van der Waals surface area contributed by atoms with Gasteiger partial charge >= 0.3 is 0 Å². The maximum absolute atomic E-state index is 13.6. The highest BCUT2D eigenvalue weighted by molar-refractivity contribution is 8.13. The summed E-state index contributed by atoms with van der Waals surface area (Å²) in [4.78, 5) is 25.5. The number of aromatic nitrogens is 1. The quantitative estimate of drug-likeness (QED) is 0.388. The molecule has 6 nitrogen and oxygen atoms in total. The normalized spacial score (nSPS) is 11.5. The summed E-state index contributed by atoms with van der Waals surface area (Å²) < 4.78 is 28.9. The van der Waals surface area contributed by atoms with Crippen molar-refractivity contribution < 1.29 is 28.2 Å². The molecule has 0 aliphatic carbocycles. The van der Waals surface area contributed by atoms with Crippen molar-refractivity contribution in [1.29, 1.82) is 0 Å². The summed E-state index contributed by atoms with van der Waals surface area (Å²) in [5.41, 5.74) is 0. The first-order chi connectivity index (χ1) is 12.0. The summed E-state index contributed by atoms with van der Waals surface area (Å²) in [6, 6.07) is 7.33. The van der Waals surface area contributed by atoms with E-state index in [9.17, 15) is 14.0 Å². The monoisotopic (exact) mass is 385 g/mol. The van der Waals surface area contributed by atoms with Gasteiger partial charge in [0.2, 0.25) is 5.12 Å². The summed E-state index contributed by atoms with van der Waals surface area (Å²) >= 11 is 6.46. The van der Waals surface area contributed by atoms with Crippen LogP contribution in [-0.4, -0.2) is 28.6 Å². The van der Waals surface area contributed by atoms with Crippen LogP contribution in [-0.2, 0) is 14.3 Å². The Balaban J connectivity index is 1.93. The van der Waals surface area contributed by atoms with Crippen LogP contribution >= 0.6 is 23.4 Å². The summed E-state index contributed by atoms with van der Waals surface area (Å²) in [6.07, 6.45) is 0.541. The first-order valence-corrected chi connectivity index (χ1v) is 8.33. The molecular weight excluding hydrogens is 373 g/mol. The van der Waals surface area contributed by atoms with E-state index < -0.39 is 11.9 Å². The highest BCUT2D eigenvalue weighted by Gasteiger charge is 2.15. The second-order valence-corrected chi connectivity index (χ2v) is 5.98. The molecule has 2 aromatic rings. The third-order valence-corrected chi connectivity index (χ3v) is 3.87. The van der Waals surface area contributed by atoms with E-state index in [0.717, 1.165) is 17.8 Å². The first kappa shape index (κ1) is 19.0. The summed E-state index contributed by atoms with van der Waals surface area (Å²) in [5.74, 6) is -0.180. The third-order valence-electron chi connectivity index (χ3n) is 2.79. The van der Waals surface area contributed by atoms with Crippen molar-refractivity contribution in [3.8, 4) is 17.4 Å². The molecule has 0 aliphatic rings. The Kier molecular flexibility index (Phi) is 7.03. The maximum Gasteiger partial charge on any atom is 0.293 e. The van der Waals surface area contributed by atoms with Crippen LogP contribution in [0, 0.1) is 5.82 Å². The number of pyridine rings is 1. The molecule has 132 valence electrons. The van der Waals surface area contributed by atoms with E-state index in [2.05, 4.69) is 9.72 Å². The number of thioether (sulfide) groups is 1. The average molecular weight is 386 g/mol. The number of hydrogen-bond acceptors (Lipinski definition) is 7. The van der Waals surface area contributed by atoms with Gasteiger partial charge in [-0.25, -0.2) is 9.37 Å². The van der Waals surface area contributed by atoms with Crippen LogP contribution < -0.4 is 9.47 Å². The molecule has 0 amide bonds. The van der Waals surface area contributed by atoms with Gasteiger partial charge in [-0.05, 0) is 49.0 Å². The number of hydrogen-bond donors (Lipinski definition) is 0. The lowest BCUT2D eigenvalue weighted by Gasteiger charge is -2.13. The molecule has 0 saturated carbocycles. The van der Waals surface area contributed by atoms with Crippen molar-refractivity contribution in [3.63, 3.8) is 0 Å². The van der Waals surface area contributed by atoms with Crippen molar-refractivity contribution in [3.05, 3.63) is 47.4 Å². The molecule has 9 heteroatoms. The summed E-state index contributed by atoms with van der Waals surface area (Å²) in [7, 11) is 0. The molecule has 1 atom stereocenters. The number of carbonyl (C=O) groups is 2. The zero-order valence-electron chi connectivity index (χ0n) is 13.0. The molecule has 0 bridgehead atoms. The zero-order valence-corrected chi connectivity index (χ0v) is 14.6. The molecule has 0 fully saturated rings. The van der Waals surface area contributed by atoms with Crippen LogP contribution in [0.4, 0.5) is 4.39 Å². The topological polar surface area (TPSA) is 74.7 Å². The minimum absolute atomic E-state index is 0.0670.